The second kappa shape index (κ2) is 8.48. The fourth-order valence-corrected chi connectivity index (χ4v) is 3.75. The van der Waals surface area contributed by atoms with E-state index in [1.165, 1.54) is 29.5 Å². The van der Waals surface area contributed by atoms with Crippen molar-refractivity contribution in [2.75, 3.05) is 17.6 Å². The Morgan fingerprint density at radius 1 is 1.38 bits per heavy atom. The van der Waals surface area contributed by atoms with Crippen LogP contribution in [0.2, 0.25) is 0 Å². The van der Waals surface area contributed by atoms with Gasteiger partial charge in [-0.15, -0.1) is 0 Å². The lowest BCUT2D eigenvalue weighted by atomic mass is 10.2. The van der Waals surface area contributed by atoms with Gasteiger partial charge in [0.2, 0.25) is 10.0 Å². The topological polar surface area (TPSA) is 117 Å². The van der Waals surface area contributed by atoms with Gasteiger partial charge in [-0.25, -0.2) is 22.5 Å². The van der Waals surface area contributed by atoms with Crippen LogP contribution in [0.15, 0.2) is 42.3 Å². The molecule has 2 aromatic carbocycles. The first kappa shape index (κ1) is 20.6. The van der Waals surface area contributed by atoms with Gasteiger partial charge < -0.3 is 16.2 Å². The molecule has 0 saturated heterocycles. The van der Waals surface area contributed by atoms with Crippen LogP contribution in [0, 0.1) is 17.7 Å². The van der Waals surface area contributed by atoms with Crippen LogP contribution in [0.25, 0.3) is 10.2 Å². The Morgan fingerprint density at radius 2 is 2.17 bits per heavy atom. The largest absolute Gasteiger partial charge is 0.506 e. The van der Waals surface area contributed by atoms with E-state index in [0.29, 0.717) is 16.2 Å². The van der Waals surface area contributed by atoms with E-state index in [-0.39, 0.29) is 30.1 Å². The van der Waals surface area contributed by atoms with E-state index in [9.17, 15) is 17.9 Å². The summed E-state index contributed by atoms with van der Waals surface area (Å²) >= 11 is 1.25. The van der Waals surface area contributed by atoms with Gasteiger partial charge >= 0.3 is 0 Å². The molecule has 3 aromatic rings. The van der Waals surface area contributed by atoms with Crippen molar-refractivity contribution < 1.29 is 17.9 Å². The van der Waals surface area contributed by atoms with Crippen LogP contribution in [-0.2, 0) is 16.6 Å². The minimum atomic E-state index is -3.64. The molecule has 1 heterocycles. The summed E-state index contributed by atoms with van der Waals surface area (Å²) in [5.74, 6) is 5.16. The van der Waals surface area contributed by atoms with Crippen molar-refractivity contribution in [1.29, 1.82) is 0 Å². The fraction of sp³-hybridized carbons (Fsp3) is 0.105. The molecule has 0 aliphatic heterocycles. The highest BCUT2D eigenvalue weighted by Gasteiger charge is 2.10. The Morgan fingerprint density at radius 3 is 2.93 bits per heavy atom. The number of hydrogen-bond acceptors (Lipinski definition) is 7. The molecule has 0 bridgehead atoms. The third-order valence-electron chi connectivity index (χ3n) is 3.85. The van der Waals surface area contributed by atoms with Crippen LogP contribution < -0.4 is 15.8 Å². The first-order valence-electron chi connectivity index (χ1n) is 8.30. The van der Waals surface area contributed by atoms with Gasteiger partial charge in [0.15, 0.2) is 10.9 Å². The highest BCUT2D eigenvalue weighted by Crippen LogP contribution is 2.31. The Bertz CT molecular complexity index is 1240. The number of phenols is 1. The SMILES string of the molecule is C=CS(=O)(=O)NCc1cccc(NCC#Cc2cc(O)c3nc(N)sc3c2)c1F. The van der Waals surface area contributed by atoms with Crippen molar-refractivity contribution in [2.45, 2.75) is 6.54 Å². The summed E-state index contributed by atoms with van der Waals surface area (Å²) in [5.41, 5.74) is 7.04. The van der Waals surface area contributed by atoms with Crippen molar-refractivity contribution in [2.24, 2.45) is 0 Å². The predicted molar refractivity (Wildman–Crippen MR) is 113 cm³/mol. The van der Waals surface area contributed by atoms with Gasteiger partial charge in [-0.3, -0.25) is 0 Å². The number of anilines is 2. The van der Waals surface area contributed by atoms with Crippen molar-refractivity contribution in [3.8, 4) is 17.6 Å². The zero-order chi connectivity index (χ0) is 21.0. The number of hydrogen-bond donors (Lipinski definition) is 4. The molecule has 0 amide bonds. The van der Waals surface area contributed by atoms with E-state index >= 15 is 0 Å². The monoisotopic (exact) mass is 432 g/mol. The summed E-state index contributed by atoms with van der Waals surface area (Å²) in [6.07, 6.45) is 0. The molecule has 0 spiro atoms. The van der Waals surface area contributed by atoms with Gasteiger partial charge in [0.25, 0.3) is 0 Å². The van der Waals surface area contributed by atoms with Crippen molar-refractivity contribution in [3.63, 3.8) is 0 Å². The summed E-state index contributed by atoms with van der Waals surface area (Å²) in [6, 6.07) is 7.87. The molecule has 1 aromatic heterocycles. The number of fused-ring (bicyclic) bond motifs is 1. The molecule has 0 unspecified atom stereocenters. The lowest BCUT2D eigenvalue weighted by Crippen LogP contribution is -2.21. The number of sulfonamides is 1. The molecule has 0 saturated carbocycles. The van der Waals surface area contributed by atoms with E-state index in [0.717, 1.165) is 10.1 Å². The Balaban J connectivity index is 1.68. The minimum absolute atomic E-state index is 0.00608. The first-order valence-corrected chi connectivity index (χ1v) is 10.7. The smallest absolute Gasteiger partial charge is 0.233 e. The van der Waals surface area contributed by atoms with Crippen LogP contribution in [0.5, 0.6) is 5.75 Å². The molecule has 0 fully saturated rings. The van der Waals surface area contributed by atoms with Gasteiger partial charge in [-0.05, 0) is 18.2 Å². The van der Waals surface area contributed by atoms with Gasteiger partial charge in [0.1, 0.15) is 11.3 Å². The number of nitrogen functional groups attached to an aromatic ring is 1. The molecule has 7 nitrogen and oxygen atoms in total. The highest BCUT2D eigenvalue weighted by atomic mass is 32.2. The third kappa shape index (κ3) is 5.03. The number of phenolic OH excluding ortho intramolecular Hbond substituents is 1. The van der Waals surface area contributed by atoms with Gasteiger partial charge in [-0.1, -0.05) is 41.9 Å². The van der Waals surface area contributed by atoms with E-state index < -0.39 is 15.8 Å². The molecule has 10 heteroatoms. The Kier molecular flexibility index (Phi) is 6.03. The van der Waals surface area contributed by atoms with E-state index in [2.05, 4.69) is 33.4 Å². The number of nitrogens with zero attached hydrogens (tertiary/aromatic N) is 1. The number of nitrogens with two attached hydrogens (primary N) is 1. The normalized spacial score (nSPS) is 11.1. The number of thiazole rings is 1. The highest BCUT2D eigenvalue weighted by molar-refractivity contribution is 7.92. The molecule has 0 atom stereocenters. The van der Waals surface area contributed by atoms with Crippen LogP contribution in [0.3, 0.4) is 0 Å². The average molecular weight is 433 g/mol. The lowest BCUT2D eigenvalue weighted by molar-refractivity contribution is 0.480. The van der Waals surface area contributed by atoms with Crippen LogP contribution in [0.1, 0.15) is 11.1 Å². The number of nitrogens with one attached hydrogen (secondary N) is 2. The second-order valence-electron chi connectivity index (χ2n) is 5.86. The first-order chi connectivity index (χ1) is 13.8. The molecule has 150 valence electrons. The van der Waals surface area contributed by atoms with Crippen molar-refractivity contribution >= 4 is 42.4 Å². The zero-order valence-corrected chi connectivity index (χ0v) is 16.7. The maximum absolute atomic E-state index is 14.5. The molecule has 0 radical (unpaired) electrons. The molecule has 0 aliphatic rings. The van der Waals surface area contributed by atoms with Gasteiger partial charge in [-0.2, -0.15) is 0 Å². The van der Waals surface area contributed by atoms with Crippen LogP contribution in [0.4, 0.5) is 15.2 Å². The van der Waals surface area contributed by atoms with E-state index in [1.54, 1.807) is 12.1 Å². The molecule has 0 aliphatic carbocycles. The third-order valence-corrected chi connectivity index (χ3v) is 5.67. The molecule has 3 rings (SSSR count). The summed E-state index contributed by atoms with van der Waals surface area (Å²) in [7, 11) is -3.64. The van der Waals surface area contributed by atoms with Gasteiger partial charge in [0.05, 0.1) is 16.9 Å². The molecule has 5 N–H and O–H groups in total. The maximum atomic E-state index is 14.5. The summed E-state index contributed by atoms with van der Waals surface area (Å²) in [4.78, 5) is 4.04. The second-order valence-corrected chi connectivity index (χ2v) is 8.64. The standard InChI is InChI=1S/C19H17FN4O3S2/c1-2-29(26,27)23-11-13-6-3-7-14(17(13)20)22-8-4-5-12-9-15(25)18-16(10-12)28-19(21)24-18/h2-3,6-7,9-10,22-23,25H,1,8,11H2,(H2,21,24). The van der Waals surface area contributed by atoms with Crippen molar-refractivity contribution in [1.82, 2.24) is 9.71 Å². The molecular formula is C19H17FN4O3S2. The van der Waals surface area contributed by atoms with E-state index in [1.807, 2.05) is 0 Å². The number of aromatic hydroxyl groups is 1. The number of rotatable bonds is 6. The summed E-state index contributed by atoms with van der Waals surface area (Å²) < 4.78 is 40.3. The maximum Gasteiger partial charge on any atom is 0.233 e. The number of halogens is 1. The summed E-state index contributed by atoms with van der Waals surface area (Å²) in [6.45, 7) is 3.13. The zero-order valence-electron chi connectivity index (χ0n) is 15.1. The van der Waals surface area contributed by atoms with Crippen LogP contribution in [-0.4, -0.2) is 25.1 Å². The van der Waals surface area contributed by atoms with Crippen LogP contribution >= 0.6 is 11.3 Å². The van der Waals surface area contributed by atoms with E-state index in [4.69, 9.17) is 5.73 Å². The summed E-state index contributed by atoms with van der Waals surface area (Å²) in [5, 5.41) is 14.0. The lowest BCUT2D eigenvalue weighted by Gasteiger charge is -2.09. The average Bonchev–Trinajstić information content (AvgIpc) is 3.06. The Hall–Kier alpha value is -3.13. The molecular weight excluding hydrogens is 415 g/mol. The quantitative estimate of drug-likeness (QED) is 0.445. The number of benzene rings is 2. The van der Waals surface area contributed by atoms with Gasteiger partial charge in [0, 0.05) is 23.1 Å². The number of aromatic nitrogens is 1. The van der Waals surface area contributed by atoms with Crippen molar-refractivity contribution in [3.05, 3.63) is 59.3 Å². The minimum Gasteiger partial charge on any atom is -0.506 e. The predicted octanol–water partition coefficient (Wildman–Crippen LogP) is 2.75. The fourth-order valence-electron chi connectivity index (χ4n) is 2.48. The molecule has 29 heavy (non-hydrogen) atoms. The Labute approximate surface area is 171 Å².